The molecule has 0 saturated heterocycles. The Labute approximate surface area is 40.2 Å². The van der Waals surface area contributed by atoms with Gasteiger partial charge in [0.05, 0.1) is 0 Å². The monoisotopic (exact) mass is 105 g/mol. The van der Waals surface area contributed by atoms with Crippen molar-refractivity contribution in [1.29, 1.82) is 0 Å². The summed E-state index contributed by atoms with van der Waals surface area (Å²) in [6, 6.07) is 0. The molecule has 7 N–H and O–H groups in total. The Morgan fingerprint density at radius 3 is 1.86 bits per heavy atom. The van der Waals surface area contributed by atoms with E-state index in [2.05, 4.69) is 5.73 Å². The number of hydrogen-bond donors (Lipinski definition) is 5. The fourth-order valence-electron chi connectivity index (χ4n) is 0.0573. The topological polar surface area (TPSA) is 105 Å². The molecule has 0 heterocycles. The average Bonchev–Trinajstić information content (AvgIpc) is 1.65. The van der Waals surface area contributed by atoms with E-state index in [4.69, 9.17) is 16.0 Å². The number of hydrogen-bond acceptors (Lipinski definition) is 5. The minimum atomic E-state index is -0.623. The quantitative estimate of drug-likeness (QED) is 0.207. The van der Waals surface area contributed by atoms with E-state index in [1.165, 1.54) is 5.48 Å². The fourth-order valence-corrected chi connectivity index (χ4v) is 0.0573. The van der Waals surface area contributed by atoms with Gasteiger partial charge in [-0.3, -0.25) is 5.21 Å². The van der Waals surface area contributed by atoms with Crippen LogP contribution >= 0.6 is 0 Å². The summed E-state index contributed by atoms with van der Waals surface area (Å²) >= 11 is 0. The predicted octanol–water partition coefficient (Wildman–Crippen LogP) is -1.43. The van der Waals surface area contributed by atoms with Crippen LogP contribution in [0.25, 0.3) is 0 Å². The van der Waals surface area contributed by atoms with Crippen LogP contribution in [0.5, 0.6) is 0 Å². The highest BCUT2D eigenvalue weighted by molar-refractivity contribution is 4.92. The van der Waals surface area contributed by atoms with Crippen molar-refractivity contribution in [3.8, 4) is 0 Å². The summed E-state index contributed by atoms with van der Waals surface area (Å²) in [5, 5.41) is 16.0. The standard InChI is InChI=1S/C2H7N3O2/c3-1(5-7)2(4)6/h5-7H,3-4H2/b2-1-. The van der Waals surface area contributed by atoms with Gasteiger partial charge < -0.3 is 16.6 Å². The van der Waals surface area contributed by atoms with Crippen molar-refractivity contribution in [2.24, 2.45) is 11.5 Å². The number of hydroxylamine groups is 1. The van der Waals surface area contributed by atoms with Gasteiger partial charge in [0.25, 0.3) is 0 Å². The Bertz CT molecular complexity index is 84.9. The lowest BCUT2D eigenvalue weighted by molar-refractivity contribution is 0.189. The first-order valence-electron chi connectivity index (χ1n) is 1.52. The van der Waals surface area contributed by atoms with Crippen LogP contribution in [0.2, 0.25) is 0 Å². The first kappa shape index (κ1) is 5.90. The first-order valence-corrected chi connectivity index (χ1v) is 1.52. The van der Waals surface area contributed by atoms with Crippen LogP contribution in [0.15, 0.2) is 11.7 Å². The summed E-state index contributed by atoms with van der Waals surface area (Å²) in [6.07, 6.45) is 0. The van der Waals surface area contributed by atoms with Crippen molar-refractivity contribution < 1.29 is 10.3 Å². The second kappa shape index (κ2) is 2.14. The summed E-state index contributed by atoms with van der Waals surface area (Å²) in [7, 11) is 0. The third kappa shape index (κ3) is 1.72. The molecule has 0 radical (unpaired) electrons. The van der Waals surface area contributed by atoms with E-state index >= 15 is 0 Å². The Morgan fingerprint density at radius 1 is 1.43 bits per heavy atom. The van der Waals surface area contributed by atoms with Crippen LogP contribution in [0.4, 0.5) is 0 Å². The Hall–Kier alpha value is -1.10. The van der Waals surface area contributed by atoms with Gasteiger partial charge in [-0.05, 0) is 0 Å². The molecule has 0 aromatic carbocycles. The number of nitrogens with two attached hydrogens (primary N) is 2. The molecule has 0 rings (SSSR count). The molecule has 0 fully saturated rings. The van der Waals surface area contributed by atoms with Crippen molar-refractivity contribution >= 4 is 0 Å². The summed E-state index contributed by atoms with van der Waals surface area (Å²) in [6.45, 7) is 0. The van der Waals surface area contributed by atoms with Crippen LogP contribution < -0.4 is 16.9 Å². The molecule has 0 unspecified atom stereocenters. The maximum Gasteiger partial charge on any atom is 0.225 e. The molecule has 0 amide bonds. The summed E-state index contributed by atoms with van der Waals surface area (Å²) in [5.41, 5.74) is 10.8. The molecule has 0 aromatic rings. The van der Waals surface area contributed by atoms with E-state index in [0.717, 1.165) is 0 Å². The smallest absolute Gasteiger partial charge is 0.225 e. The Kier molecular flexibility index (Phi) is 1.80. The molecule has 0 aromatic heterocycles. The summed E-state index contributed by atoms with van der Waals surface area (Å²) in [4.78, 5) is 0. The molecule has 0 saturated carbocycles. The second-order valence-corrected chi connectivity index (χ2v) is 0.911. The molecule has 0 aliphatic carbocycles. The number of aliphatic hydroxyl groups is 1. The zero-order valence-electron chi connectivity index (χ0n) is 3.55. The highest BCUT2D eigenvalue weighted by Crippen LogP contribution is 1.73. The van der Waals surface area contributed by atoms with Crippen LogP contribution in [0.1, 0.15) is 0 Å². The molecular formula is C2H7N3O2. The van der Waals surface area contributed by atoms with Crippen LogP contribution in [-0.4, -0.2) is 10.3 Å². The fraction of sp³-hybridized carbons (Fsp3) is 0. The average molecular weight is 105 g/mol. The zero-order chi connectivity index (χ0) is 5.86. The highest BCUT2D eigenvalue weighted by atomic mass is 16.5. The van der Waals surface area contributed by atoms with Gasteiger partial charge in [0, 0.05) is 0 Å². The molecule has 7 heavy (non-hydrogen) atoms. The van der Waals surface area contributed by atoms with Crippen molar-refractivity contribution in [3.63, 3.8) is 0 Å². The third-order valence-electron chi connectivity index (χ3n) is 0.396. The SMILES string of the molecule is N/C(O)=C(\N)NO. The van der Waals surface area contributed by atoms with Gasteiger partial charge in [-0.15, -0.1) is 0 Å². The third-order valence-corrected chi connectivity index (χ3v) is 0.396. The van der Waals surface area contributed by atoms with Crippen LogP contribution in [0, 0.1) is 0 Å². The lowest BCUT2D eigenvalue weighted by Gasteiger charge is -1.95. The highest BCUT2D eigenvalue weighted by Gasteiger charge is 1.87. The zero-order valence-corrected chi connectivity index (χ0v) is 3.55. The van der Waals surface area contributed by atoms with Crippen molar-refractivity contribution in [2.45, 2.75) is 0 Å². The molecule has 42 valence electrons. The van der Waals surface area contributed by atoms with Gasteiger partial charge in [0.2, 0.25) is 5.88 Å². The molecule has 0 aliphatic heterocycles. The van der Waals surface area contributed by atoms with Crippen LogP contribution in [-0.2, 0) is 0 Å². The lowest BCUT2D eigenvalue weighted by atomic mass is 10.7. The van der Waals surface area contributed by atoms with Gasteiger partial charge in [0.15, 0.2) is 5.82 Å². The molecule has 5 nitrogen and oxygen atoms in total. The Balaban J connectivity index is 3.72. The first-order chi connectivity index (χ1) is 3.18. The number of aliphatic hydroxyl groups excluding tert-OH is 1. The van der Waals surface area contributed by atoms with Gasteiger partial charge in [0.1, 0.15) is 0 Å². The van der Waals surface area contributed by atoms with Crippen molar-refractivity contribution in [3.05, 3.63) is 11.7 Å². The largest absolute Gasteiger partial charge is 0.492 e. The maximum absolute atomic E-state index is 8.13. The molecular weight excluding hydrogens is 98.0 g/mol. The summed E-state index contributed by atoms with van der Waals surface area (Å²) < 4.78 is 0. The van der Waals surface area contributed by atoms with Crippen LogP contribution in [0.3, 0.4) is 0 Å². The summed E-state index contributed by atoms with van der Waals surface area (Å²) in [5.74, 6) is -0.970. The molecule has 0 spiro atoms. The Morgan fingerprint density at radius 2 is 1.86 bits per heavy atom. The van der Waals surface area contributed by atoms with Gasteiger partial charge in [-0.2, -0.15) is 0 Å². The lowest BCUT2D eigenvalue weighted by Crippen LogP contribution is -2.21. The number of rotatable bonds is 1. The van der Waals surface area contributed by atoms with Gasteiger partial charge >= 0.3 is 0 Å². The van der Waals surface area contributed by atoms with E-state index in [1.807, 2.05) is 0 Å². The molecule has 5 heteroatoms. The van der Waals surface area contributed by atoms with E-state index < -0.39 is 5.88 Å². The van der Waals surface area contributed by atoms with Gasteiger partial charge in [-0.1, -0.05) is 0 Å². The minimum absolute atomic E-state index is 0.347. The maximum atomic E-state index is 8.13. The van der Waals surface area contributed by atoms with E-state index in [-0.39, 0.29) is 5.82 Å². The van der Waals surface area contributed by atoms with E-state index in [1.54, 1.807) is 0 Å². The second-order valence-electron chi connectivity index (χ2n) is 0.911. The van der Waals surface area contributed by atoms with E-state index in [0.29, 0.717) is 0 Å². The van der Waals surface area contributed by atoms with E-state index in [9.17, 15) is 0 Å². The minimum Gasteiger partial charge on any atom is -0.492 e. The van der Waals surface area contributed by atoms with Crippen molar-refractivity contribution in [2.75, 3.05) is 0 Å². The molecule has 0 atom stereocenters. The van der Waals surface area contributed by atoms with Crippen molar-refractivity contribution in [1.82, 2.24) is 5.48 Å². The normalized spacial score (nSPS) is 12.7. The number of nitrogens with one attached hydrogen (secondary N) is 1. The molecule has 0 bridgehead atoms. The molecule has 0 aliphatic rings. The van der Waals surface area contributed by atoms with Gasteiger partial charge in [-0.25, -0.2) is 5.48 Å². The predicted molar refractivity (Wildman–Crippen MR) is 23.0 cm³/mol.